The normalized spacial score (nSPS) is 13.8. The molecular formula is C9H10F3NO. The molecule has 2 nitrogen and oxygen atoms in total. The lowest BCUT2D eigenvalue weighted by Crippen LogP contribution is -2.13. The number of nitrogens with one attached hydrogen (secondary N) is 1. The Morgan fingerprint density at radius 3 is 2.07 bits per heavy atom. The van der Waals surface area contributed by atoms with E-state index in [0.717, 1.165) is 12.1 Å². The molecule has 0 saturated heterocycles. The summed E-state index contributed by atoms with van der Waals surface area (Å²) in [5.74, 6) is 0. The number of benzene rings is 1. The van der Waals surface area contributed by atoms with Crippen LogP contribution in [0.1, 0.15) is 12.5 Å². The van der Waals surface area contributed by atoms with E-state index in [4.69, 9.17) is 5.11 Å². The van der Waals surface area contributed by atoms with Gasteiger partial charge in [0.05, 0.1) is 5.56 Å². The standard InChI is InChI=1S/C9H10F3NO/c1-6(14)13-8-4-2-7(3-5-8)9(10,11)12/h2-6,13-14H,1H3. The second-order valence-electron chi connectivity index (χ2n) is 2.90. The lowest BCUT2D eigenvalue weighted by Gasteiger charge is -2.10. The molecule has 0 aliphatic heterocycles. The molecule has 0 heterocycles. The SMILES string of the molecule is CC(O)Nc1ccc(C(F)(F)F)cc1. The molecule has 0 radical (unpaired) electrons. The van der Waals surface area contributed by atoms with E-state index in [1.54, 1.807) is 0 Å². The van der Waals surface area contributed by atoms with Crippen LogP contribution in [-0.2, 0) is 6.18 Å². The van der Waals surface area contributed by atoms with Gasteiger partial charge >= 0.3 is 6.18 Å². The number of aliphatic hydroxyl groups excluding tert-OH is 1. The van der Waals surface area contributed by atoms with Crippen LogP contribution in [0, 0.1) is 0 Å². The summed E-state index contributed by atoms with van der Waals surface area (Å²) in [5, 5.41) is 11.5. The number of hydrogen-bond donors (Lipinski definition) is 2. The highest BCUT2D eigenvalue weighted by Crippen LogP contribution is 2.29. The van der Waals surface area contributed by atoms with Gasteiger partial charge in [-0.1, -0.05) is 0 Å². The quantitative estimate of drug-likeness (QED) is 0.727. The fourth-order valence-corrected chi connectivity index (χ4v) is 0.997. The lowest BCUT2D eigenvalue weighted by molar-refractivity contribution is -0.137. The zero-order valence-electron chi connectivity index (χ0n) is 7.47. The van der Waals surface area contributed by atoms with Crippen LogP contribution in [0.3, 0.4) is 0 Å². The molecule has 0 aliphatic carbocycles. The molecule has 1 aromatic rings. The van der Waals surface area contributed by atoms with E-state index in [2.05, 4.69) is 5.32 Å². The largest absolute Gasteiger partial charge is 0.416 e. The molecule has 0 aromatic heterocycles. The number of anilines is 1. The monoisotopic (exact) mass is 205 g/mol. The van der Waals surface area contributed by atoms with Crippen molar-refractivity contribution in [1.82, 2.24) is 0 Å². The van der Waals surface area contributed by atoms with Gasteiger partial charge < -0.3 is 10.4 Å². The molecule has 0 saturated carbocycles. The maximum Gasteiger partial charge on any atom is 0.416 e. The van der Waals surface area contributed by atoms with Crippen LogP contribution in [0.15, 0.2) is 24.3 Å². The summed E-state index contributed by atoms with van der Waals surface area (Å²) in [4.78, 5) is 0. The van der Waals surface area contributed by atoms with Crippen LogP contribution in [-0.4, -0.2) is 11.3 Å². The van der Waals surface area contributed by atoms with Crippen LogP contribution in [0.5, 0.6) is 0 Å². The molecule has 14 heavy (non-hydrogen) atoms. The van der Waals surface area contributed by atoms with E-state index in [0.29, 0.717) is 5.69 Å². The molecule has 0 aliphatic rings. The van der Waals surface area contributed by atoms with E-state index in [1.807, 2.05) is 0 Å². The average Bonchev–Trinajstić information content (AvgIpc) is 2.02. The third-order valence-corrected chi connectivity index (χ3v) is 1.59. The fourth-order valence-electron chi connectivity index (χ4n) is 0.997. The zero-order valence-corrected chi connectivity index (χ0v) is 7.47. The van der Waals surface area contributed by atoms with E-state index in [-0.39, 0.29) is 0 Å². The predicted octanol–water partition coefficient (Wildman–Crippen LogP) is 2.46. The van der Waals surface area contributed by atoms with Crippen molar-refractivity contribution in [1.29, 1.82) is 0 Å². The minimum absolute atomic E-state index is 0.452. The first-order chi connectivity index (χ1) is 6.39. The van der Waals surface area contributed by atoms with Gasteiger partial charge in [-0.05, 0) is 31.2 Å². The highest BCUT2D eigenvalue weighted by Gasteiger charge is 2.29. The Morgan fingerprint density at radius 2 is 1.71 bits per heavy atom. The van der Waals surface area contributed by atoms with Crippen LogP contribution >= 0.6 is 0 Å². The van der Waals surface area contributed by atoms with Gasteiger partial charge in [0, 0.05) is 5.69 Å². The highest BCUT2D eigenvalue weighted by molar-refractivity contribution is 5.45. The number of alkyl halides is 3. The number of hydrogen-bond acceptors (Lipinski definition) is 2. The third-order valence-electron chi connectivity index (χ3n) is 1.59. The number of aliphatic hydroxyl groups is 1. The Labute approximate surface area is 79.4 Å². The summed E-state index contributed by atoms with van der Waals surface area (Å²) in [5.41, 5.74) is -0.248. The predicted molar refractivity (Wildman–Crippen MR) is 46.7 cm³/mol. The van der Waals surface area contributed by atoms with Gasteiger partial charge in [0.15, 0.2) is 0 Å². The van der Waals surface area contributed by atoms with Gasteiger partial charge in [-0.15, -0.1) is 0 Å². The summed E-state index contributed by atoms with van der Waals surface area (Å²) < 4.78 is 36.3. The second-order valence-corrected chi connectivity index (χ2v) is 2.90. The van der Waals surface area contributed by atoms with Crippen LogP contribution in [0.25, 0.3) is 0 Å². The molecule has 1 aromatic carbocycles. The Bertz CT molecular complexity index is 292. The first-order valence-corrected chi connectivity index (χ1v) is 4.01. The molecule has 1 unspecified atom stereocenters. The van der Waals surface area contributed by atoms with E-state index in [1.165, 1.54) is 19.1 Å². The second kappa shape index (κ2) is 3.88. The Balaban J connectivity index is 2.79. The maximum absolute atomic E-state index is 12.1. The summed E-state index contributed by atoms with van der Waals surface area (Å²) >= 11 is 0. The summed E-state index contributed by atoms with van der Waals surface area (Å²) in [6.07, 6.45) is -5.10. The molecule has 1 rings (SSSR count). The molecule has 2 N–H and O–H groups in total. The van der Waals surface area contributed by atoms with Crippen molar-refractivity contribution in [2.75, 3.05) is 5.32 Å². The van der Waals surface area contributed by atoms with E-state index in [9.17, 15) is 13.2 Å². The molecule has 0 fully saturated rings. The van der Waals surface area contributed by atoms with Gasteiger partial charge in [-0.3, -0.25) is 0 Å². The Kier molecular flexibility index (Phi) is 3.00. The number of halogens is 3. The van der Waals surface area contributed by atoms with Crippen LogP contribution < -0.4 is 5.32 Å². The van der Waals surface area contributed by atoms with Crippen molar-refractivity contribution in [2.24, 2.45) is 0 Å². The van der Waals surface area contributed by atoms with Crippen LogP contribution in [0.2, 0.25) is 0 Å². The highest BCUT2D eigenvalue weighted by atomic mass is 19.4. The first-order valence-electron chi connectivity index (χ1n) is 4.01. The van der Waals surface area contributed by atoms with E-state index >= 15 is 0 Å². The van der Waals surface area contributed by atoms with Gasteiger partial charge in [0.1, 0.15) is 6.23 Å². The van der Waals surface area contributed by atoms with Gasteiger partial charge in [-0.2, -0.15) is 13.2 Å². The fraction of sp³-hybridized carbons (Fsp3) is 0.333. The first kappa shape index (κ1) is 10.8. The van der Waals surface area contributed by atoms with Crippen molar-refractivity contribution in [3.05, 3.63) is 29.8 Å². The van der Waals surface area contributed by atoms with Crippen LogP contribution in [0.4, 0.5) is 18.9 Å². The van der Waals surface area contributed by atoms with Crippen molar-refractivity contribution in [3.8, 4) is 0 Å². The van der Waals surface area contributed by atoms with E-state index < -0.39 is 18.0 Å². The molecule has 1 atom stereocenters. The zero-order chi connectivity index (χ0) is 10.8. The average molecular weight is 205 g/mol. The maximum atomic E-state index is 12.1. The smallest absolute Gasteiger partial charge is 0.374 e. The molecule has 0 amide bonds. The summed E-state index contributed by atoms with van der Waals surface area (Å²) in [7, 11) is 0. The van der Waals surface area contributed by atoms with Crippen molar-refractivity contribution in [2.45, 2.75) is 19.3 Å². The number of rotatable bonds is 2. The summed E-state index contributed by atoms with van der Waals surface area (Å²) in [6.45, 7) is 1.48. The van der Waals surface area contributed by atoms with Gasteiger partial charge in [0.2, 0.25) is 0 Å². The van der Waals surface area contributed by atoms with Gasteiger partial charge in [0.25, 0.3) is 0 Å². The molecule has 5 heteroatoms. The minimum atomic E-state index is -4.32. The molecule has 0 bridgehead atoms. The van der Waals surface area contributed by atoms with Crippen molar-refractivity contribution < 1.29 is 18.3 Å². The van der Waals surface area contributed by atoms with Gasteiger partial charge in [-0.25, -0.2) is 0 Å². The molecule has 78 valence electrons. The summed E-state index contributed by atoms with van der Waals surface area (Å²) in [6, 6.07) is 4.47. The minimum Gasteiger partial charge on any atom is -0.374 e. The molecule has 0 spiro atoms. The van der Waals surface area contributed by atoms with Crippen molar-refractivity contribution in [3.63, 3.8) is 0 Å². The lowest BCUT2D eigenvalue weighted by atomic mass is 10.2. The topological polar surface area (TPSA) is 32.3 Å². The van der Waals surface area contributed by atoms with Crippen molar-refractivity contribution >= 4 is 5.69 Å². The Morgan fingerprint density at radius 1 is 1.21 bits per heavy atom. The molecular weight excluding hydrogens is 195 g/mol. The Hall–Kier alpha value is -1.23. The third kappa shape index (κ3) is 2.92.